The summed E-state index contributed by atoms with van der Waals surface area (Å²) >= 11 is 0. The summed E-state index contributed by atoms with van der Waals surface area (Å²) in [5.74, 6) is 0. The molecule has 1 spiro atoms. The van der Waals surface area contributed by atoms with Gasteiger partial charge in [0.2, 0.25) is 0 Å². The van der Waals surface area contributed by atoms with Gasteiger partial charge >= 0.3 is 0 Å². The Balaban J connectivity index is 1.06. The lowest BCUT2D eigenvalue weighted by Gasteiger charge is -2.33. The van der Waals surface area contributed by atoms with E-state index in [1.807, 2.05) is 0 Å². The summed E-state index contributed by atoms with van der Waals surface area (Å²) in [6.45, 7) is 0. The molecule has 328 valence electrons. The number of benzene rings is 13. The molecular weight excluding hydrogens is 859 g/mol. The highest BCUT2D eigenvalue weighted by Gasteiger charge is 2.52. The molecule has 0 amide bonds. The highest BCUT2D eigenvalue weighted by molar-refractivity contribution is 6.26. The summed E-state index contributed by atoms with van der Waals surface area (Å²) in [7, 11) is 0. The quantitative estimate of drug-likeness (QED) is 0.164. The third kappa shape index (κ3) is 5.26. The van der Waals surface area contributed by atoms with Crippen molar-refractivity contribution in [1.29, 1.82) is 0 Å². The molecule has 0 N–H and O–H groups in total. The standard InChI is InChI=1S/C69H41NO/c1-2-16-47-42(15-1)29-30-43-31-33-45(38-58(43)47)70(46-34-36-52-50-19-4-3-17-48(50)49-18-5-6-20-51(49)60(52)39-46)66-41-65-61(40-59(66)44-32-35-57-56-24-10-14-28-67(56)71-68(57)37-44)55-23-9-13-27-64(55)69(65)62-25-11-7-21-53(62)54-22-8-12-26-63(54)69/h1-41H. The molecule has 2 aliphatic rings. The molecule has 0 unspecified atom stereocenters. The predicted molar refractivity (Wildman–Crippen MR) is 298 cm³/mol. The minimum atomic E-state index is -0.543. The summed E-state index contributed by atoms with van der Waals surface area (Å²) in [4.78, 5) is 2.55. The van der Waals surface area contributed by atoms with Gasteiger partial charge in [0.25, 0.3) is 0 Å². The van der Waals surface area contributed by atoms with E-state index in [1.165, 1.54) is 98.4 Å². The minimum Gasteiger partial charge on any atom is -0.456 e. The zero-order chi connectivity index (χ0) is 46.4. The minimum absolute atomic E-state index is 0.543. The van der Waals surface area contributed by atoms with Gasteiger partial charge < -0.3 is 9.32 Å². The van der Waals surface area contributed by atoms with Gasteiger partial charge in [-0.3, -0.25) is 0 Å². The zero-order valence-electron chi connectivity index (χ0n) is 38.5. The van der Waals surface area contributed by atoms with Crippen LogP contribution < -0.4 is 4.90 Å². The first-order valence-corrected chi connectivity index (χ1v) is 24.7. The number of furan rings is 1. The number of anilines is 3. The summed E-state index contributed by atoms with van der Waals surface area (Å²) in [5.41, 5.74) is 17.0. The number of para-hydroxylation sites is 1. The first-order chi connectivity index (χ1) is 35.2. The number of hydrogen-bond donors (Lipinski definition) is 0. The van der Waals surface area contributed by atoms with Gasteiger partial charge in [-0.2, -0.15) is 0 Å². The third-order valence-electron chi connectivity index (χ3n) is 16.0. The van der Waals surface area contributed by atoms with Gasteiger partial charge in [-0.05, 0) is 159 Å². The highest BCUT2D eigenvalue weighted by Crippen LogP contribution is 2.64. The lowest BCUT2D eigenvalue weighted by Crippen LogP contribution is -2.26. The molecule has 0 saturated heterocycles. The van der Waals surface area contributed by atoms with E-state index in [0.29, 0.717) is 0 Å². The van der Waals surface area contributed by atoms with Crippen molar-refractivity contribution in [2.24, 2.45) is 0 Å². The van der Waals surface area contributed by atoms with E-state index in [2.05, 4.69) is 254 Å². The van der Waals surface area contributed by atoms with Gasteiger partial charge in [-0.1, -0.05) is 194 Å². The molecule has 2 heteroatoms. The average Bonchev–Trinajstić information content (AvgIpc) is 4.07. The Morgan fingerprint density at radius 3 is 1.41 bits per heavy atom. The second-order valence-corrected chi connectivity index (χ2v) is 19.5. The van der Waals surface area contributed by atoms with Crippen molar-refractivity contribution in [1.82, 2.24) is 0 Å². The van der Waals surface area contributed by atoms with Crippen LogP contribution in [0.3, 0.4) is 0 Å². The van der Waals surface area contributed by atoms with E-state index in [0.717, 1.165) is 50.1 Å². The molecule has 0 atom stereocenters. The first-order valence-electron chi connectivity index (χ1n) is 24.7. The van der Waals surface area contributed by atoms with Crippen LogP contribution in [0.1, 0.15) is 22.3 Å². The van der Waals surface area contributed by atoms with Crippen molar-refractivity contribution < 1.29 is 4.42 Å². The SMILES string of the molecule is c1ccc2c(c1)-c1ccccc1C21c2ccccc2-c2cc(-c3ccc4c(c3)oc3ccccc34)c(N(c3ccc4ccc5ccccc5c4c3)c3ccc4c5ccccc5c5ccccc5c4c3)cc21. The van der Waals surface area contributed by atoms with E-state index < -0.39 is 5.41 Å². The number of hydrogen-bond acceptors (Lipinski definition) is 2. The number of fused-ring (bicyclic) bond motifs is 22. The summed E-state index contributed by atoms with van der Waals surface area (Å²) in [6, 6.07) is 92.9. The highest BCUT2D eigenvalue weighted by atomic mass is 16.3. The van der Waals surface area contributed by atoms with Crippen LogP contribution in [-0.2, 0) is 5.41 Å². The molecule has 0 bridgehead atoms. The molecule has 0 saturated carbocycles. The van der Waals surface area contributed by atoms with Crippen molar-refractivity contribution in [2.45, 2.75) is 5.41 Å². The molecule has 0 aliphatic heterocycles. The van der Waals surface area contributed by atoms with Crippen LogP contribution in [0.15, 0.2) is 253 Å². The maximum Gasteiger partial charge on any atom is 0.136 e. The molecule has 1 aromatic heterocycles. The fourth-order valence-corrected chi connectivity index (χ4v) is 13.0. The van der Waals surface area contributed by atoms with E-state index in [4.69, 9.17) is 4.42 Å². The van der Waals surface area contributed by atoms with Crippen LogP contribution in [0.5, 0.6) is 0 Å². The Morgan fingerprint density at radius 2 is 0.732 bits per heavy atom. The Morgan fingerprint density at radius 1 is 0.268 bits per heavy atom. The first kappa shape index (κ1) is 38.7. The maximum absolute atomic E-state index is 6.69. The summed E-state index contributed by atoms with van der Waals surface area (Å²) in [6.07, 6.45) is 0. The van der Waals surface area contributed by atoms with Crippen molar-refractivity contribution in [3.8, 4) is 33.4 Å². The monoisotopic (exact) mass is 899 g/mol. The molecule has 71 heavy (non-hydrogen) atoms. The van der Waals surface area contributed by atoms with E-state index in [-0.39, 0.29) is 0 Å². The van der Waals surface area contributed by atoms with Gasteiger partial charge in [0.1, 0.15) is 11.2 Å². The van der Waals surface area contributed by atoms with Crippen molar-refractivity contribution in [3.63, 3.8) is 0 Å². The Bertz CT molecular complexity index is 4530. The van der Waals surface area contributed by atoms with Gasteiger partial charge in [0, 0.05) is 27.7 Å². The normalized spacial score (nSPS) is 13.2. The molecule has 14 aromatic rings. The molecule has 16 rings (SSSR count). The van der Waals surface area contributed by atoms with Crippen molar-refractivity contribution >= 4 is 92.9 Å². The van der Waals surface area contributed by atoms with Crippen molar-refractivity contribution in [2.75, 3.05) is 4.90 Å². The van der Waals surface area contributed by atoms with Crippen LogP contribution in [0.25, 0.3) is 109 Å². The Hall–Kier alpha value is -9.24. The van der Waals surface area contributed by atoms with Crippen LogP contribution in [-0.4, -0.2) is 0 Å². The molecule has 2 nitrogen and oxygen atoms in total. The Labute approximate surface area is 409 Å². The van der Waals surface area contributed by atoms with Crippen molar-refractivity contribution in [3.05, 3.63) is 271 Å². The van der Waals surface area contributed by atoms with Crippen LogP contribution in [0, 0.1) is 0 Å². The lowest BCUT2D eigenvalue weighted by molar-refractivity contribution is 0.669. The molecule has 0 fully saturated rings. The van der Waals surface area contributed by atoms with Gasteiger partial charge in [0.05, 0.1) is 11.1 Å². The summed E-state index contributed by atoms with van der Waals surface area (Å²) in [5, 5.41) is 14.6. The smallest absolute Gasteiger partial charge is 0.136 e. The van der Waals surface area contributed by atoms with Gasteiger partial charge in [0.15, 0.2) is 0 Å². The topological polar surface area (TPSA) is 16.4 Å². The predicted octanol–water partition coefficient (Wildman–Crippen LogP) is 18.8. The average molecular weight is 900 g/mol. The lowest BCUT2D eigenvalue weighted by atomic mass is 9.70. The van der Waals surface area contributed by atoms with Gasteiger partial charge in [-0.25, -0.2) is 0 Å². The molecule has 2 aliphatic carbocycles. The van der Waals surface area contributed by atoms with Crippen LogP contribution >= 0.6 is 0 Å². The molecule has 0 radical (unpaired) electrons. The third-order valence-corrected chi connectivity index (χ3v) is 16.0. The van der Waals surface area contributed by atoms with Crippen LogP contribution in [0.4, 0.5) is 17.1 Å². The van der Waals surface area contributed by atoms with E-state index >= 15 is 0 Å². The summed E-state index contributed by atoms with van der Waals surface area (Å²) < 4.78 is 6.69. The maximum atomic E-state index is 6.69. The fraction of sp³-hybridized carbons (Fsp3) is 0.0145. The molecule has 1 heterocycles. The fourth-order valence-electron chi connectivity index (χ4n) is 13.0. The van der Waals surface area contributed by atoms with Crippen LogP contribution in [0.2, 0.25) is 0 Å². The second-order valence-electron chi connectivity index (χ2n) is 19.5. The number of rotatable bonds is 4. The molecule has 13 aromatic carbocycles. The zero-order valence-corrected chi connectivity index (χ0v) is 38.5. The second kappa shape index (κ2) is 14.4. The van der Waals surface area contributed by atoms with Gasteiger partial charge in [-0.15, -0.1) is 0 Å². The Kier molecular flexibility index (Phi) is 7.85. The van der Waals surface area contributed by atoms with E-state index in [9.17, 15) is 0 Å². The van der Waals surface area contributed by atoms with E-state index in [1.54, 1.807) is 0 Å². The number of nitrogens with zero attached hydrogens (tertiary/aromatic N) is 1. The molecular formula is C69H41NO. The largest absolute Gasteiger partial charge is 0.456 e.